The van der Waals surface area contributed by atoms with Crippen molar-refractivity contribution in [2.45, 2.75) is 25.4 Å². The Morgan fingerprint density at radius 2 is 1.68 bits per heavy atom. The predicted octanol–water partition coefficient (Wildman–Crippen LogP) is 2.99. The smallest absolute Gasteiger partial charge is 0.119 e. The van der Waals surface area contributed by atoms with Crippen molar-refractivity contribution in [3.8, 4) is 5.75 Å². The quantitative estimate of drug-likeness (QED) is 0.892. The number of aliphatic hydroxyl groups is 1. The number of hydrogen-bond acceptors (Lipinski definition) is 2. The minimum Gasteiger partial charge on any atom is -0.497 e. The zero-order valence-electron chi connectivity index (χ0n) is 11.3. The van der Waals surface area contributed by atoms with Crippen LogP contribution in [0.4, 0.5) is 0 Å². The van der Waals surface area contributed by atoms with Crippen LogP contribution in [0.1, 0.15) is 22.3 Å². The third kappa shape index (κ3) is 2.02. The highest BCUT2D eigenvalue weighted by Gasteiger charge is 2.37. The Labute approximate surface area is 113 Å². The lowest BCUT2D eigenvalue weighted by Crippen LogP contribution is -2.27. The summed E-state index contributed by atoms with van der Waals surface area (Å²) in [6.45, 7) is 2.03. The fourth-order valence-electron chi connectivity index (χ4n) is 3.07. The molecule has 0 radical (unpaired) electrons. The molecule has 3 rings (SSSR count). The van der Waals surface area contributed by atoms with Gasteiger partial charge >= 0.3 is 0 Å². The molecule has 98 valence electrons. The van der Waals surface area contributed by atoms with Gasteiger partial charge in [-0.25, -0.2) is 0 Å². The highest BCUT2D eigenvalue weighted by Crippen LogP contribution is 2.39. The average Bonchev–Trinajstić information content (AvgIpc) is 2.75. The summed E-state index contributed by atoms with van der Waals surface area (Å²) in [7, 11) is 1.66. The van der Waals surface area contributed by atoms with Crippen LogP contribution in [0.5, 0.6) is 5.75 Å². The molecule has 0 saturated carbocycles. The van der Waals surface area contributed by atoms with Crippen LogP contribution in [0.3, 0.4) is 0 Å². The Kier molecular flexibility index (Phi) is 2.83. The molecular weight excluding hydrogens is 236 g/mol. The Hall–Kier alpha value is -1.80. The largest absolute Gasteiger partial charge is 0.497 e. The molecule has 1 aliphatic rings. The molecule has 0 bridgehead atoms. The van der Waals surface area contributed by atoms with E-state index >= 15 is 0 Å². The van der Waals surface area contributed by atoms with Gasteiger partial charge in [-0.15, -0.1) is 0 Å². The summed E-state index contributed by atoms with van der Waals surface area (Å²) in [5.74, 6) is 0.834. The zero-order valence-corrected chi connectivity index (χ0v) is 11.3. The molecule has 0 saturated heterocycles. The summed E-state index contributed by atoms with van der Waals surface area (Å²) >= 11 is 0. The van der Waals surface area contributed by atoms with Gasteiger partial charge in [0.1, 0.15) is 5.75 Å². The Morgan fingerprint density at radius 1 is 1.05 bits per heavy atom. The van der Waals surface area contributed by atoms with Crippen molar-refractivity contribution in [2.75, 3.05) is 7.11 Å². The summed E-state index contributed by atoms with van der Waals surface area (Å²) in [5, 5.41) is 11.0. The van der Waals surface area contributed by atoms with E-state index in [-0.39, 0.29) is 0 Å². The minimum absolute atomic E-state index is 0.691. The van der Waals surface area contributed by atoms with Crippen LogP contribution in [-0.4, -0.2) is 12.2 Å². The van der Waals surface area contributed by atoms with E-state index in [4.69, 9.17) is 4.74 Å². The third-order valence-corrected chi connectivity index (χ3v) is 4.02. The van der Waals surface area contributed by atoms with Gasteiger partial charge in [0.2, 0.25) is 0 Å². The lowest BCUT2D eigenvalue weighted by atomic mass is 9.87. The Morgan fingerprint density at radius 3 is 2.21 bits per heavy atom. The summed E-state index contributed by atoms with van der Waals surface area (Å²) < 4.78 is 5.23. The fraction of sp³-hybridized carbons (Fsp3) is 0.294. The van der Waals surface area contributed by atoms with E-state index in [9.17, 15) is 5.11 Å². The molecule has 0 aromatic heterocycles. The van der Waals surface area contributed by atoms with Gasteiger partial charge in [0.25, 0.3) is 0 Å². The average molecular weight is 254 g/mol. The molecule has 0 unspecified atom stereocenters. The summed E-state index contributed by atoms with van der Waals surface area (Å²) in [6, 6.07) is 14.2. The second kappa shape index (κ2) is 4.39. The first-order chi connectivity index (χ1) is 9.12. The standard InChI is InChI=1S/C17H18O2/c1-12-9-15(19-2)7-8-16(12)17(18)10-13-5-3-4-6-14(13)11-17/h3-9,18H,10-11H2,1-2H3. The molecule has 1 N–H and O–H groups in total. The number of rotatable bonds is 2. The van der Waals surface area contributed by atoms with Crippen LogP contribution in [0.25, 0.3) is 0 Å². The van der Waals surface area contributed by atoms with Gasteiger partial charge in [0.15, 0.2) is 0 Å². The van der Waals surface area contributed by atoms with E-state index in [0.29, 0.717) is 12.8 Å². The van der Waals surface area contributed by atoms with Gasteiger partial charge in [-0.05, 0) is 41.3 Å². The SMILES string of the molecule is COc1ccc(C2(O)Cc3ccccc3C2)c(C)c1. The third-order valence-electron chi connectivity index (χ3n) is 4.02. The van der Waals surface area contributed by atoms with Crippen LogP contribution >= 0.6 is 0 Å². The van der Waals surface area contributed by atoms with Gasteiger partial charge in [0, 0.05) is 12.8 Å². The fourth-order valence-corrected chi connectivity index (χ4v) is 3.07. The maximum Gasteiger partial charge on any atom is 0.119 e. The van der Waals surface area contributed by atoms with Gasteiger partial charge in [-0.2, -0.15) is 0 Å². The number of hydrogen-bond donors (Lipinski definition) is 1. The van der Waals surface area contributed by atoms with Crippen LogP contribution < -0.4 is 4.74 Å². The summed E-state index contributed by atoms with van der Waals surface area (Å²) in [6.07, 6.45) is 1.38. The van der Waals surface area contributed by atoms with Crippen molar-refractivity contribution >= 4 is 0 Å². The van der Waals surface area contributed by atoms with Crippen LogP contribution in [0, 0.1) is 6.92 Å². The molecule has 2 aromatic rings. The van der Waals surface area contributed by atoms with Gasteiger partial charge in [-0.3, -0.25) is 0 Å². The topological polar surface area (TPSA) is 29.5 Å². The molecular formula is C17H18O2. The molecule has 0 fully saturated rings. The lowest BCUT2D eigenvalue weighted by Gasteiger charge is -2.25. The van der Waals surface area contributed by atoms with E-state index in [1.165, 1.54) is 11.1 Å². The van der Waals surface area contributed by atoms with Crippen molar-refractivity contribution in [1.82, 2.24) is 0 Å². The number of methoxy groups -OCH3 is 1. The van der Waals surface area contributed by atoms with Crippen molar-refractivity contribution < 1.29 is 9.84 Å². The van der Waals surface area contributed by atoms with Crippen molar-refractivity contribution in [3.63, 3.8) is 0 Å². The molecule has 0 aliphatic heterocycles. The van der Waals surface area contributed by atoms with E-state index in [2.05, 4.69) is 12.1 Å². The number of aryl methyl sites for hydroxylation is 1. The van der Waals surface area contributed by atoms with E-state index in [1.54, 1.807) is 7.11 Å². The molecule has 0 amide bonds. The van der Waals surface area contributed by atoms with Crippen molar-refractivity contribution in [1.29, 1.82) is 0 Å². The summed E-state index contributed by atoms with van der Waals surface area (Å²) in [5.41, 5.74) is 3.81. The first-order valence-electron chi connectivity index (χ1n) is 6.57. The summed E-state index contributed by atoms with van der Waals surface area (Å²) in [4.78, 5) is 0. The van der Waals surface area contributed by atoms with E-state index < -0.39 is 5.60 Å². The first-order valence-corrected chi connectivity index (χ1v) is 6.57. The highest BCUT2D eigenvalue weighted by atomic mass is 16.5. The zero-order chi connectivity index (χ0) is 13.5. The Balaban J connectivity index is 2.00. The molecule has 2 nitrogen and oxygen atoms in total. The molecule has 0 spiro atoms. The second-order valence-electron chi connectivity index (χ2n) is 5.33. The normalized spacial score (nSPS) is 16.2. The minimum atomic E-state index is -0.778. The lowest BCUT2D eigenvalue weighted by molar-refractivity contribution is 0.0475. The number of fused-ring (bicyclic) bond motifs is 1. The van der Waals surface area contributed by atoms with E-state index in [1.807, 2.05) is 37.3 Å². The van der Waals surface area contributed by atoms with Gasteiger partial charge in [0.05, 0.1) is 12.7 Å². The first kappa shape index (κ1) is 12.2. The van der Waals surface area contributed by atoms with Gasteiger partial charge < -0.3 is 9.84 Å². The predicted molar refractivity (Wildman–Crippen MR) is 75.5 cm³/mol. The second-order valence-corrected chi connectivity index (χ2v) is 5.33. The molecule has 19 heavy (non-hydrogen) atoms. The number of benzene rings is 2. The van der Waals surface area contributed by atoms with Crippen LogP contribution in [-0.2, 0) is 18.4 Å². The van der Waals surface area contributed by atoms with Gasteiger partial charge in [-0.1, -0.05) is 30.3 Å². The van der Waals surface area contributed by atoms with E-state index in [0.717, 1.165) is 16.9 Å². The number of ether oxygens (including phenoxy) is 1. The van der Waals surface area contributed by atoms with Crippen molar-refractivity contribution in [2.24, 2.45) is 0 Å². The highest BCUT2D eigenvalue weighted by molar-refractivity contribution is 5.44. The maximum atomic E-state index is 11.0. The monoisotopic (exact) mass is 254 g/mol. The maximum absolute atomic E-state index is 11.0. The Bertz CT molecular complexity index is 591. The van der Waals surface area contributed by atoms with Crippen molar-refractivity contribution in [3.05, 3.63) is 64.7 Å². The molecule has 0 atom stereocenters. The molecule has 2 aromatic carbocycles. The van der Waals surface area contributed by atoms with Crippen LogP contribution in [0.2, 0.25) is 0 Å². The molecule has 2 heteroatoms. The molecule has 0 heterocycles. The van der Waals surface area contributed by atoms with Crippen LogP contribution in [0.15, 0.2) is 42.5 Å². The molecule has 1 aliphatic carbocycles.